The molecule has 162 valence electrons. The Labute approximate surface area is 180 Å². The van der Waals surface area contributed by atoms with Gasteiger partial charge in [0.05, 0.1) is 16.8 Å². The van der Waals surface area contributed by atoms with Gasteiger partial charge in [0.25, 0.3) is 5.56 Å². The van der Waals surface area contributed by atoms with E-state index in [-0.39, 0.29) is 11.6 Å². The van der Waals surface area contributed by atoms with Crippen LogP contribution in [0.5, 0.6) is 0 Å². The lowest BCUT2D eigenvalue weighted by molar-refractivity contribution is 0.0838. The molecule has 2 fully saturated rings. The molecule has 1 aromatic carbocycles. The van der Waals surface area contributed by atoms with E-state index in [1.54, 1.807) is 0 Å². The highest BCUT2D eigenvalue weighted by Gasteiger charge is 2.33. The van der Waals surface area contributed by atoms with E-state index in [0.717, 1.165) is 36.8 Å². The van der Waals surface area contributed by atoms with Gasteiger partial charge in [-0.15, -0.1) is 0 Å². The summed E-state index contributed by atoms with van der Waals surface area (Å²) in [6, 6.07) is 11.9. The second-order valence-corrected chi connectivity index (χ2v) is 8.86. The zero-order chi connectivity index (χ0) is 21.4. The molecule has 8 heteroatoms. The molecule has 4 heterocycles. The predicted octanol–water partition coefficient (Wildman–Crippen LogP) is 2.11. The van der Waals surface area contributed by atoms with Crippen molar-refractivity contribution in [1.82, 2.24) is 20.3 Å². The van der Waals surface area contributed by atoms with Crippen molar-refractivity contribution in [1.29, 1.82) is 0 Å². The third-order valence-electron chi connectivity index (χ3n) is 6.15. The molecule has 0 saturated carbocycles. The molecule has 3 aromatic rings. The number of rotatable bonds is 4. The highest BCUT2D eigenvalue weighted by atomic mass is 16.3. The smallest absolute Gasteiger partial charge is 0.263 e. The molecule has 2 aliphatic heterocycles. The molecule has 8 nitrogen and oxygen atoms in total. The Morgan fingerprint density at radius 3 is 2.87 bits per heavy atom. The number of β-amino-alcohol motifs (C(OH)–C–C–N with tert-alkyl or cyclic N) is 1. The number of fused-ring (bicyclic) bond motifs is 1. The van der Waals surface area contributed by atoms with Crippen LogP contribution < -0.4 is 21.1 Å². The maximum atomic E-state index is 13.3. The quantitative estimate of drug-likeness (QED) is 0.512. The Bertz CT molecular complexity index is 1150. The molecule has 0 spiro atoms. The summed E-state index contributed by atoms with van der Waals surface area (Å²) in [5.74, 6) is 1.03. The van der Waals surface area contributed by atoms with E-state index in [9.17, 15) is 9.90 Å². The summed E-state index contributed by atoms with van der Waals surface area (Å²) in [6.45, 7) is 4.73. The molecule has 5 rings (SSSR count). The van der Waals surface area contributed by atoms with Gasteiger partial charge in [-0.3, -0.25) is 9.78 Å². The SMILES string of the molecule is CC1(O)CCN(c2nc(NC3CCCNC3)c(-c3ccc4ccccc4n3)c(=O)[nH]2)C1. The van der Waals surface area contributed by atoms with Crippen LogP contribution in [0.3, 0.4) is 0 Å². The normalized spacial score (nSPS) is 23.9. The summed E-state index contributed by atoms with van der Waals surface area (Å²) < 4.78 is 0. The second kappa shape index (κ2) is 7.94. The number of nitrogens with zero attached hydrogens (tertiary/aromatic N) is 3. The Morgan fingerprint density at radius 1 is 1.23 bits per heavy atom. The Kier molecular flexibility index (Phi) is 5.11. The van der Waals surface area contributed by atoms with Crippen LogP contribution in [-0.4, -0.2) is 57.9 Å². The van der Waals surface area contributed by atoms with E-state index in [2.05, 4.69) is 15.6 Å². The van der Waals surface area contributed by atoms with Crippen LogP contribution >= 0.6 is 0 Å². The van der Waals surface area contributed by atoms with Gasteiger partial charge in [-0.2, -0.15) is 4.98 Å². The lowest BCUT2D eigenvalue weighted by atomic mass is 10.1. The van der Waals surface area contributed by atoms with Gasteiger partial charge in [0.15, 0.2) is 0 Å². The molecule has 0 radical (unpaired) electrons. The van der Waals surface area contributed by atoms with Crippen LogP contribution in [0, 0.1) is 0 Å². The molecule has 4 N–H and O–H groups in total. The van der Waals surface area contributed by atoms with Gasteiger partial charge >= 0.3 is 0 Å². The number of aromatic amines is 1. The first-order valence-electron chi connectivity index (χ1n) is 10.9. The average Bonchev–Trinajstić information content (AvgIpc) is 3.14. The number of pyridine rings is 1. The molecular formula is C23H28N6O2. The van der Waals surface area contributed by atoms with Crippen molar-refractivity contribution in [2.75, 3.05) is 36.4 Å². The molecule has 0 amide bonds. The largest absolute Gasteiger partial charge is 0.388 e. The molecule has 2 aromatic heterocycles. The molecule has 2 unspecified atom stereocenters. The molecule has 2 atom stereocenters. The van der Waals surface area contributed by atoms with E-state index >= 15 is 0 Å². The van der Waals surface area contributed by atoms with Crippen LogP contribution in [0.15, 0.2) is 41.2 Å². The Hall–Kier alpha value is -2.97. The Balaban J connectivity index is 1.58. The minimum absolute atomic E-state index is 0.191. The summed E-state index contributed by atoms with van der Waals surface area (Å²) in [5, 5.41) is 18.3. The first-order chi connectivity index (χ1) is 15.0. The van der Waals surface area contributed by atoms with Crippen LogP contribution in [0.2, 0.25) is 0 Å². The first-order valence-corrected chi connectivity index (χ1v) is 10.9. The van der Waals surface area contributed by atoms with Crippen LogP contribution in [-0.2, 0) is 0 Å². The van der Waals surface area contributed by atoms with Gasteiger partial charge in [0.2, 0.25) is 5.95 Å². The standard InChI is InChI=1S/C23H28N6O2/c1-23(31)10-12-29(14-23)22-27-20(25-16-6-4-11-24-13-16)19(21(30)28-22)18-9-8-15-5-2-3-7-17(15)26-18/h2-3,5,7-9,16,24,31H,4,6,10-14H2,1H3,(H2,25,27,28,30). The van der Waals surface area contributed by atoms with E-state index in [1.165, 1.54) is 0 Å². The maximum Gasteiger partial charge on any atom is 0.263 e. The van der Waals surface area contributed by atoms with Gasteiger partial charge in [-0.05, 0) is 44.9 Å². The fraction of sp³-hybridized carbons (Fsp3) is 0.435. The number of piperidine rings is 1. The highest BCUT2D eigenvalue weighted by Crippen LogP contribution is 2.29. The van der Waals surface area contributed by atoms with Crippen molar-refractivity contribution in [2.45, 2.75) is 37.8 Å². The summed E-state index contributed by atoms with van der Waals surface area (Å²) in [5.41, 5.74) is 0.873. The number of aromatic nitrogens is 3. The number of nitrogens with one attached hydrogen (secondary N) is 3. The van der Waals surface area contributed by atoms with Crippen LogP contribution in [0.25, 0.3) is 22.2 Å². The average molecular weight is 421 g/mol. The molecule has 0 aliphatic carbocycles. The monoisotopic (exact) mass is 420 g/mol. The van der Waals surface area contributed by atoms with Gasteiger partial charge in [0.1, 0.15) is 11.4 Å². The van der Waals surface area contributed by atoms with Gasteiger partial charge < -0.3 is 20.6 Å². The third kappa shape index (κ3) is 4.13. The lowest BCUT2D eigenvalue weighted by Gasteiger charge is -2.26. The zero-order valence-electron chi connectivity index (χ0n) is 17.7. The predicted molar refractivity (Wildman–Crippen MR) is 123 cm³/mol. The number of anilines is 2. The molecule has 0 bridgehead atoms. The van der Waals surface area contributed by atoms with Gasteiger partial charge in [0, 0.05) is 31.1 Å². The summed E-state index contributed by atoms with van der Waals surface area (Å²) in [7, 11) is 0. The van der Waals surface area contributed by atoms with Crippen LogP contribution in [0.1, 0.15) is 26.2 Å². The molecule has 2 aliphatic rings. The minimum atomic E-state index is -0.780. The lowest BCUT2D eigenvalue weighted by Crippen LogP contribution is -2.39. The van der Waals surface area contributed by atoms with Crippen molar-refractivity contribution in [3.05, 3.63) is 46.8 Å². The summed E-state index contributed by atoms with van der Waals surface area (Å²) in [6.07, 6.45) is 2.73. The van der Waals surface area contributed by atoms with Gasteiger partial charge in [-0.1, -0.05) is 24.3 Å². The highest BCUT2D eigenvalue weighted by molar-refractivity contribution is 5.83. The molecular weight excluding hydrogens is 392 g/mol. The van der Waals surface area contributed by atoms with Crippen molar-refractivity contribution in [2.24, 2.45) is 0 Å². The fourth-order valence-electron chi connectivity index (χ4n) is 4.45. The summed E-state index contributed by atoms with van der Waals surface area (Å²) >= 11 is 0. The molecule has 2 saturated heterocycles. The Morgan fingerprint density at radius 2 is 2.10 bits per heavy atom. The van der Waals surface area contributed by atoms with Crippen molar-refractivity contribution in [3.63, 3.8) is 0 Å². The van der Waals surface area contributed by atoms with E-state index < -0.39 is 5.60 Å². The molecule has 31 heavy (non-hydrogen) atoms. The van der Waals surface area contributed by atoms with Gasteiger partial charge in [-0.25, -0.2) is 4.98 Å². The second-order valence-electron chi connectivity index (χ2n) is 8.86. The summed E-state index contributed by atoms with van der Waals surface area (Å²) in [4.78, 5) is 27.7. The number of benzene rings is 1. The van der Waals surface area contributed by atoms with E-state index in [4.69, 9.17) is 9.97 Å². The van der Waals surface area contributed by atoms with E-state index in [1.807, 2.05) is 48.2 Å². The van der Waals surface area contributed by atoms with Crippen molar-refractivity contribution in [3.8, 4) is 11.3 Å². The fourth-order valence-corrected chi connectivity index (χ4v) is 4.45. The topological polar surface area (TPSA) is 106 Å². The number of H-pyrrole nitrogens is 1. The number of hydrogen-bond donors (Lipinski definition) is 4. The minimum Gasteiger partial charge on any atom is -0.388 e. The maximum absolute atomic E-state index is 13.3. The third-order valence-corrected chi connectivity index (χ3v) is 6.15. The van der Waals surface area contributed by atoms with Crippen molar-refractivity contribution >= 4 is 22.7 Å². The van der Waals surface area contributed by atoms with E-state index in [0.29, 0.717) is 42.5 Å². The van der Waals surface area contributed by atoms with Crippen LogP contribution in [0.4, 0.5) is 11.8 Å². The number of aliphatic hydroxyl groups is 1. The number of para-hydroxylation sites is 1. The first kappa shape index (κ1) is 20.0. The van der Waals surface area contributed by atoms with Crippen molar-refractivity contribution < 1.29 is 5.11 Å². The zero-order valence-corrected chi connectivity index (χ0v) is 17.7. The number of hydrogen-bond acceptors (Lipinski definition) is 7.